The van der Waals surface area contributed by atoms with E-state index >= 15 is 0 Å². The predicted octanol–water partition coefficient (Wildman–Crippen LogP) is 5.08. The van der Waals surface area contributed by atoms with E-state index in [9.17, 15) is 18.0 Å². The van der Waals surface area contributed by atoms with Crippen molar-refractivity contribution in [3.8, 4) is 0 Å². The van der Waals surface area contributed by atoms with Crippen LogP contribution in [-0.4, -0.2) is 22.6 Å². The number of fused-ring (bicyclic) bond motifs is 1. The maximum Gasteiger partial charge on any atom is 0.409 e. The smallest absolute Gasteiger partial charge is 0.287 e. The van der Waals surface area contributed by atoms with Crippen LogP contribution in [0.5, 0.6) is 0 Å². The zero-order valence-corrected chi connectivity index (χ0v) is 15.3. The number of rotatable bonds is 3. The van der Waals surface area contributed by atoms with Gasteiger partial charge in [0.05, 0.1) is 0 Å². The molecule has 1 aliphatic heterocycles. The average Bonchev–Trinajstić information content (AvgIpc) is 2.78. The van der Waals surface area contributed by atoms with Gasteiger partial charge in [-0.05, 0) is 41.7 Å². The number of hydrogen-bond acceptors (Lipinski definition) is 2. The molecule has 2 aromatic carbocycles. The van der Waals surface area contributed by atoms with Crippen LogP contribution in [0.3, 0.4) is 0 Å². The number of hydrazine groups is 1. The SMILES string of the molecule is CC(C)c1cc(C(N2NC(=O)CC2(C)C)C(F)(F)F)c2ccccc2c1. The number of carbonyl (C=O) groups excluding carboxylic acids is 1. The van der Waals surface area contributed by atoms with Crippen LogP contribution in [0.25, 0.3) is 10.8 Å². The first kappa shape index (κ1) is 18.7. The minimum atomic E-state index is -4.53. The largest absolute Gasteiger partial charge is 0.409 e. The summed E-state index contributed by atoms with van der Waals surface area (Å²) in [5, 5.41) is 2.39. The highest BCUT2D eigenvalue weighted by Crippen LogP contribution is 2.45. The first-order valence-electron chi connectivity index (χ1n) is 8.69. The number of nitrogens with zero attached hydrogens (tertiary/aromatic N) is 1. The van der Waals surface area contributed by atoms with Gasteiger partial charge in [-0.25, -0.2) is 0 Å². The van der Waals surface area contributed by atoms with Crippen molar-refractivity contribution in [2.24, 2.45) is 0 Å². The van der Waals surface area contributed by atoms with Crippen molar-refractivity contribution in [3.63, 3.8) is 0 Å². The molecule has 1 amide bonds. The van der Waals surface area contributed by atoms with Gasteiger partial charge in [0.1, 0.15) is 0 Å². The Hall–Kier alpha value is -2.08. The molecule has 0 saturated carbocycles. The van der Waals surface area contributed by atoms with Crippen molar-refractivity contribution in [1.29, 1.82) is 0 Å². The van der Waals surface area contributed by atoms with E-state index in [-0.39, 0.29) is 17.9 Å². The highest BCUT2D eigenvalue weighted by Gasteiger charge is 2.53. The minimum Gasteiger partial charge on any atom is -0.287 e. The van der Waals surface area contributed by atoms with Crippen molar-refractivity contribution in [3.05, 3.63) is 47.5 Å². The van der Waals surface area contributed by atoms with E-state index in [1.807, 2.05) is 32.0 Å². The summed E-state index contributed by atoms with van der Waals surface area (Å²) < 4.78 is 42.6. The molecule has 2 aromatic rings. The van der Waals surface area contributed by atoms with E-state index in [1.165, 1.54) is 0 Å². The maximum atomic E-state index is 14.2. The van der Waals surface area contributed by atoms with Gasteiger partial charge in [0.25, 0.3) is 0 Å². The molecule has 1 fully saturated rings. The van der Waals surface area contributed by atoms with Crippen molar-refractivity contribution in [2.45, 2.75) is 57.8 Å². The standard InChI is InChI=1S/C20H23F3N2O/c1-12(2)14-9-13-7-5-6-8-15(13)16(10-14)18(20(21,22)23)25-19(3,4)11-17(26)24-25/h5-10,12,18H,11H2,1-4H3,(H,24,26). The average molecular weight is 364 g/mol. The second kappa shape index (κ2) is 6.27. The van der Waals surface area contributed by atoms with Crippen LogP contribution in [0, 0.1) is 0 Å². The van der Waals surface area contributed by atoms with Gasteiger partial charge in [0, 0.05) is 12.0 Å². The molecule has 0 aromatic heterocycles. The summed E-state index contributed by atoms with van der Waals surface area (Å²) in [6, 6.07) is 8.75. The Balaban J connectivity index is 2.27. The number of alkyl halides is 3. The Morgan fingerprint density at radius 3 is 2.35 bits per heavy atom. The van der Waals surface area contributed by atoms with Crippen molar-refractivity contribution in [2.75, 3.05) is 0 Å². The van der Waals surface area contributed by atoms with Gasteiger partial charge in [0.15, 0.2) is 6.04 Å². The fourth-order valence-corrected chi connectivity index (χ4v) is 3.60. The van der Waals surface area contributed by atoms with Crippen molar-refractivity contribution in [1.82, 2.24) is 10.4 Å². The first-order valence-corrected chi connectivity index (χ1v) is 8.69. The molecule has 0 spiro atoms. The number of carbonyl (C=O) groups is 1. The van der Waals surface area contributed by atoms with E-state index in [4.69, 9.17) is 0 Å². The second-order valence-electron chi connectivity index (χ2n) is 7.82. The van der Waals surface area contributed by atoms with Gasteiger partial charge in [-0.15, -0.1) is 0 Å². The summed E-state index contributed by atoms with van der Waals surface area (Å²) in [6.45, 7) is 7.21. The number of nitrogens with one attached hydrogen (secondary N) is 1. The molecule has 1 aliphatic rings. The topological polar surface area (TPSA) is 32.3 Å². The fourth-order valence-electron chi connectivity index (χ4n) is 3.60. The molecule has 3 nitrogen and oxygen atoms in total. The van der Waals surface area contributed by atoms with Gasteiger partial charge in [-0.3, -0.25) is 10.2 Å². The highest BCUT2D eigenvalue weighted by atomic mass is 19.4. The molecule has 1 N–H and O–H groups in total. The molecule has 1 saturated heterocycles. The summed E-state index contributed by atoms with van der Waals surface area (Å²) >= 11 is 0. The van der Waals surface area contributed by atoms with Crippen molar-refractivity contribution >= 4 is 16.7 Å². The third-order valence-electron chi connectivity index (χ3n) is 4.94. The van der Waals surface area contributed by atoms with Crippen LogP contribution in [0.2, 0.25) is 0 Å². The van der Waals surface area contributed by atoms with E-state index in [1.54, 1.807) is 32.0 Å². The Labute approximate surface area is 151 Å². The van der Waals surface area contributed by atoms with E-state index in [0.717, 1.165) is 16.0 Å². The van der Waals surface area contributed by atoms with Crippen LogP contribution in [0.1, 0.15) is 57.2 Å². The van der Waals surface area contributed by atoms with Crippen LogP contribution in [-0.2, 0) is 4.79 Å². The number of halogens is 3. The lowest BCUT2D eigenvalue weighted by Gasteiger charge is -2.38. The Morgan fingerprint density at radius 1 is 1.15 bits per heavy atom. The Kier molecular flexibility index (Phi) is 4.51. The predicted molar refractivity (Wildman–Crippen MR) is 95.5 cm³/mol. The molecule has 3 rings (SSSR count). The molecule has 0 radical (unpaired) electrons. The summed E-state index contributed by atoms with van der Waals surface area (Å²) in [6.07, 6.45) is -4.51. The van der Waals surface area contributed by atoms with Crippen LogP contribution in [0.15, 0.2) is 36.4 Å². The van der Waals surface area contributed by atoms with Crippen LogP contribution in [0.4, 0.5) is 13.2 Å². The highest BCUT2D eigenvalue weighted by molar-refractivity contribution is 5.87. The molecular weight excluding hydrogens is 341 g/mol. The molecule has 1 atom stereocenters. The molecule has 0 bridgehead atoms. The maximum absolute atomic E-state index is 14.2. The third-order valence-corrected chi connectivity index (χ3v) is 4.94. The monoisotopic (exact) mass is 364 g/mol. The quantitative estimate of drug-likeness (QED) is 0.823. The summed E-state index contributed by atoms with van der Waals surface area (Å²) in [7, 11) is 0. The second-order valence-corrected chi connectivity index (χ2v) is 7.82. The van der Waals surface area contributed by atoms with Gasteiger partial charge >= 0.3 is 6.18 Å². The molecule has 26 heavy (non-hydrogen) atoms. The van der Waals surface area contributed by atoms with Gasteiger partial charge in [0.2, 0.25) is 5.91 Å². The lowest BCUT2D eigenvalue weighted by molar-refractivity contribution is -0.203. The summed E-state index contributed by atoms with van der Waals surface area (Å²) in [5.41, 5.74) is 2.52. The van der Waals surface area contributed by atoms with Gasteiger partial charge < -0.3 is 0 Å². The molecule has 6 heteroatoms. The molecular formula is C20H23F3N2O. The van der Waals surface area contributed by atoms with Crippen molar-refractivity contribution < 1.29 is 18.0 Å². The number of amides is 1. The summed E-state index contributed by atoms with van der Waals surface area (Å²) in [4.78, 5) is 11.9. The molecule has 140 valence electrons. The Morgan fingerprint density at radius 2 is 1.81 bits per heavy atom. The number of benzene rings is 2. The fraction of sp³-hybridized carbons (Fsp3) is 0.450. The molecule has 1 heterocycles. The van der Waals surface area contributed by atoms with Gasteiger partial charge in [-0.1, -0.05) is 50.2 Å². The lowest BCUT2D eigenvalue weighted by Crippen LogP contribution is -2.51. The van der Waals surface area contributed by atoms with E-state index in [0.29, 0.717) is 5.39 Å². The minimum absolute atomic E-state index is 0.0292. The van der Waals surface area contributed by atoms with Crippen LogP contribution >= 0.6 is 0 Å². The zero-order valence-electron chi connectivity index (χ0n) is 15.3. The lowest BCUT2D eigenvalue weighted by atomic mass is 9.90. The molecule has 1 unspecified atom stereocenters. The summed E-state index contributed by atoms with van der Waals surface area (Å²) in [5.74, 6) is -0.304. The first-order chi connectivity index (χ1) is 12.0. The molecule has 0 aliphatic carbocycles. The normalized spacial score (nSPS) is 19.2. The third kappa shape index (κ3) is 3.30. The van der Waals surface area contributed by atoms with E-state index < -0.39 is 23.7 Å². The van der Waals surface area contributed by atoms with Crippen LogP contribution < -0.4 is 5.43 Å². The zero-order chi connectivity index (χ0) is 19.3. The Bertz CT molecular complexity index is 843. The van der Waals surface area contributed by atoms with E-state index in [2.05, 4.69) is 5.43 Å². The number of hydrogen-bond donors (Lipinski definition) is 1. The van der Waals surface area contributed by atoms with Gasteiger partial charge in [-0.2, -0.15) is 18.2 Å².